The van der Waals surface area contributed by atoms with Crippen LogP contribution in [0, 0.1) is 6.92 Å². The summed E-state index contributed by atoms with van der Waals surface area (Å²) in [5.74, 6) is 0.592. The van der Waals surface area contributed by atoms with Crippen LogP contribution in [0.1, 0.15) is 18.2 Å². The van der Waals surface area contributed by atoms with Crippen molar-refractivity contribution in [3.8, 4) is 5.75 Å². The number of nitrogens with zero attached hydrogens (tertiary/aromatic N) is 1. The van der Waals surface area contributed by atoms with Crippen LogP contribution in [-0.4, -0.2) is 16.9 Å². The van der Waals surface area contributed by atoms with Gasteiger partial charge in [0, 0.05) is 22.4 Å². The molecule has 144 valence electrons. The molecule has 0 spiro atoms. The molecule has 0 saturated carbocycles. The van der Waals surface area contributed by atoms with E-state index in [1.165, 1.54) is 0 Å². The number of carbonyl (C=O) groups is 1. The lowest BCUT2D eigenvalue weighted by atomic mass is 10.2. The lowest BCUT2D eigenvalue weighted by Gasteiger charge is -2.17. The molecule has 2 aromatic carbocycles. The van der Waals surface area contributed by atoms with Crippen molar-refractivity contribution < 1.29 is 9.53 Å². The van der Waals surface area contributed by atoms with E-state index >= 15 is 0 Å². The Morgan fingerprint density at radius 2 is 2.00 bits per heavy atom. The molecule has 1 heterocycles. The van der Waals surface area contributed by atoms with Crippen LogP contribution in [0.25, 0.3) is 0 Å². The minimum absolute atomic E-state index is 0.121. The molecule has 6 heteroatoms. The van der Waals surface area contributed by atoms with Gasteiger partial charge in [-0.15, -0.1) is 0 Å². The summed E-state index contributed by atoms with van der Waals surface area (Å²) in [6, 6.07) is 18.6. The van der Waals surface area contributed by atoms with E-state index in [-0.39, 0.29) is 5.91 Å². The van der Waals surface area contributed by atoms with Crippen molar-refractivity contribution >= 4 is 33.2 Å². The third-order valence-corrected chi connectivity index (χ3v) is 4.76. The maximum atomic E-state index is 12.5. The van der Waals surface area contributed by atoms with Gasteiger partial charge in [-0.1, -0.05) is 18.2 Å². The molecule has 0 fully saturated rings. The predicted octanol–water partition coefficient (Wildman–Crippen LogP) is 5.17. The molecular formula is C22H22BrN3O2. The van der Waals surface area contributed by atoms with Gasteiger partial charge in [0.15, 0.2) is 0 Å². The molecule has 2 N–H and O–H groups in total. The van der Waals surface area contributed by atoms with E-state index < -0.39 is 6.04 Å². The fraction of sp³-hybridized carbons (Fsp3) is 0.182. The highest BCUT2D eigenvalue weighted by Gasteiger charge is 2.14. The van der Waals surface area contributed by atoms with Gasteiger partial charge in [0.1, 0.15) is 18.4 Å². The molecule has 0 aliphatic carbocycles. The summed E-state index contributed by atoms with van der Waals surface area (Å²) < 4.78 is 6.65. The molecule has 0 bridgehead atoms. The maximum Gasteiger partial charge on any atom is 0.246 e. The van der Waals surface area contributed by atoms with Gasteiger partial charge in [0.25, 0.3) is 0 Å². The highest BCUT2D eigenvalue weighted by molar-refractivity contribution is 9.10. The number of anilines is 2. The van der Waals surface area contributed by atoms with Crippen LogP contribution in [0.15, 0.2) is 71.3 Å². The zero-order valence-corrected chi connectivity index (χ0v) is 17.4. The van der Waals surface area contributed by atoms with E-state index in [1.54, 1.807) is 6.20 Å². The Hall–Kier alpha value is -2.86. The van der Waals surface area contributed by atoms with Crippen molar-refractivity contribution in [3.05, 3.63) is 82.6 Å². The van der Waals surface area contributed by atoms with Crippen molar-refractivity contribution in [1.29, 1.82) is 0 Å². The molecule has 0 aliphatic rings. The number of hydrogen-bond donors (Lipinski definition) is 2. The van der Waals surface area contributed by atoms with Gasteiger partial charge in [0.05, 0.1) is 11.4 Å². The molecule has 0 radical (unpaired) electrons. The largest absolute Gasteiger partial charge is 0.487 e. The van der Waals surface area contributed by atoms with Crippen LogP contribution in [0.2, 0.25) is 0 Å². The predicted molar refractivity (Wildman–Crippen MR) is 116 cm³/mol. The number of benzene rings is 2. The molecule has 28 heavy (non-hydrogen) atoms. The zero-order valence-electron chi connectivity index (χ0n) is 15.8. The Labute approximate surface area is 173 Å². The lowest BCUT2D eigenvalue weighted by molar-refractivity contribution is -0.116. The fourth-order valence-electron chi connectivity index (χ4n) is 2.59. The molecule has 1 unspecified atom stereocenters. The number of aryl methyl sites for hydroxylation is 1. The third-order valence-electron chi connectivity index (χ3n) is 4.11. The minimum Gasteiger partial charge on any atom is -0.487 e. The van der Waals surface area contributed by atoms with Crippen LogP contribution in [0.3, 0.4) is 0 Å². The zero-order chi connectivity index (χ0) is 19.9. The molecule has 1 amide bonds. The monoisotopic (exact) mass is 439 g/mol. The topological polar surface area (TPSA) is 63.2 Å². The number of aromatic nitrogens is 1. The molecule has 5 nitrogen and oxygen atoms in total. The van der Waals surface area contributed by atoms with Crippen LogP contribution >= 0.6 is 15.9 Å². The van der Waals surface area contributed by atoms with Gasteiger partial charge >= 0.3 is 0 Å². The van der Waals surface area contributed by atoms with E-state index in [4.69, 9.17) is 4.74 Å². The minimum atomic E-state index is -0.417. The molecule has 3 rings (SSSR count). The molecule has 1 atom stereocenters. The Kier molecular flexibility index (Phi) is 6.66. The van der Waals surface area contributed by atoms with E-state index in [1.807, 2.05) is 74.5 Å². The van der Waals surface area contributed by atoms with E-state index in [9.17, 15) is 4.79 Å². The molecular weight excluding hydrogens is 418 g/mol. The second kappa shape index (κ2) is 9.37. The van der Waals surface area contributed by atoms with Gasteiger partial charge < -0.3 is 15.4 Å². The number of hydrogen-bond acceptors (Lipinski definition) is 4. The highest BCUT2D eigenvalue weighted by Crippen LogP contribution is 2.24. The smallest absolute Gasteiger partial charge is 0.246 e. The molecule has 3 aromatic rings. The maximum absolute atomic E-state index is 12.5. The Bertz CT molecular complexity index is 948. The Morgan fingerprint density at radius 3 is 2.75 bits per heavy atom. The van der Waals surface area contributed by atoms with Crippen LogP contribution in [0.4, 0.5) is 11.4 Å². The fourth-order valence-corrected chi connectivity index (χ4v) is 3.19. The third kappa shape index (κ3) is 5.57. The average Bonchev–Trinajstić information content (AvgIpc) is 2.69. The van der Waals surface area contributed by atoms with E-state index in [2.05, 4.69) is 31.5 Å². The number of halogens is 1. The van der Waals surface area contributed by atoms with Crippen molar-refractivity contribution in [1.82, 2.24) is 4.98 Å². The first-order valence-corrected chi connectivity index (χ1v) is 9.77. The standard InChI is InChI=1S/C22H22BrN3O2/c1-15-9-10-21(20(23)12-15)26-22(27)16(2)25-17-7-5-8-19(13-17)28-14-18-6-3-4-11-24-18/h3-13,16,25H,14H2,1-2H3,(H,26,27). The van der Waals surface area contributed by atoms with Crippen molar-refractivity contribution in [2.24, 2.45) is 0 Å². The average molecular weight is 440 g/mol. The summed E-state index contributed by atoms with van der Waals surface area (Å²) in [6.07, 6.45) is 1.74. The Morgan fingerprint density at radius 1 is 1.14 bits per heavy atom. The normalized spacial score (nSPS) is 11.5. The summed E-state index contributed by atoms with van der Waals surface area (Å²) in [7, 11) is 0. The SMILES string of the molecule is Cc1ccc(NC(=O)C(C)Nc2cccc(OCc3ccccn3)c2)c(Br)c1. The molecule has 1 aromatic heterocycles. The summed E-state index contributed by atoms with van der Waals surface area (Å²) in [5.41, 5.74) is 3.54. The first-order chi connectivity index (χ1) is 13.5. The number of carbonyl (C=O) groups excluding carboxylic acids is 1. The number of nitrogens with one attached hydrogen (secondary N) is 2. The van der Waals surface area contributed by atoms with Crippen LogP contribution in [0.5, 0.6) is 5.75 Å². The van der Waals surface area contributed by atoms with E-state index in [0.29, 0.717) is 12.4 Å². The van der Waals surface area contributed by atoms with Crippen LogP contribution < -0.4 is 15.4 Å². The van der Waals surface area contributed by atoms with E-state index in [0.717, 1.165) is 27.1 Å². The molecule has 0 saturated heterocycles. The summed E-state index contributed by atoms with van der Waals surface area (Å²) in [6.45, 7) is 4.21. The van der Waals surface area contributed by atoms with Gasteiger partial charge in [-0.05, 0) is 71.7 Å². The van der Waals surface area contributed by atoms with Crippen molar-refractivity contribution in [3.63, 3.8) is 0 Å². The number of ether oxygens (including phenoxy) is 1. The van der Waals surface area contributed by atoms with Gasteiger partial charge in [-0.3, -0.25) is 9.78 Å². The lowest BCUT2D eigenvalue weighted by Crippen LogP contribution is -2.32. The summed E-state index contributed by atoms with van der Waals surface area (Å²) in [4.78, 5) is 16.8. The molecule has 0 aliphatic heterocycles. The first-order valence-electron chi connectivity index (χ1n) is 8.97. The van der Waals surface area contributed by atoms with Crippen molar-refractivity contribution in [2.45, 2.75) is 26.5 Å². The first kappa shape index (κ1) is 19.9. The number of pyridine rings is 1. The second-order valence-corrected chi connectivity index (χ2v) is 7.33. The van der Waals surface area contributed by atoms with Crippen molar-refractivity contribution in [2.75, 3.05) is 10.6 Å². The second-order valence-electron chi connectivity index (χ2n) is 6.48. The van der Waals surface area contributed by atoms with Gasteiger partial charge in [-0.2, -0.15) is 0 Å². The van der Waals surface area contributed by atoms with Gasteiger partial charge in [-0.25, -0.2) is 0 Å². The Balaban J connectivity index is 1.58. The highest BCUT2D eigenvalue weighted by atomic mass is 79.9. The summed E-state index contributed by atoms with van der Waals surface area (Å²) >= 11 is 3.48. The summed E-state index contributed by atoms with van der Waals surface area (Å²) in [5, 5.41) is 6.14. The number of amides is 1. The quantitative estimate of drug-likeness (QED) is 0.532. The number of rotatable bonds is 7. The van der Waals surface area contributed by atoms with Gasteiger partial charge in [0.2, 0.25) is 5.91 Å². The van der Waals surface area contributed by atoms with Crippen LogP contribution in [-0.2, 0) is 11.4 Å².